The number of nitrogens with zero attached hydrogens (tertiary/aromatic N) is 3. The number of alkyl halides is 2. The molecule has 78 valence electrons. The maximum absolute atomic E-state index is 12.1. The number of nitrogens with one attached hydrogen (secondary N) is 1. The average molecular weight is 212 g/mol. The van der Waals surface area contributed by atoms with Crippen LogP contribution in [0.1, 0.15) is 0 Å². The summed E-state index contributed by atoms with van der Waals surface area (Å²) in [5.41, 5.74) is 0.367. The Morgan fingerprint density at radius 2 is 2.07 bits per heavy atom. The molecule has 0 unspecified atom stereocenters. The van der Waals surface area contributed by atoms with Crippen LogP contribution < -0.4 is 4.74 Å². The van der Waals surface area contributed by atoms with Gasteiger partial charge in [-0.25, -0.2) is 0 Å². The topological polar surface area (TPSA) is 63.7 Å². The summed E-state index contributed by atoms with van der Waals surface area (Å²) in [6.45, 7) is -2.88. The maximum Gasteiger partial charge on any atom is 0.387 e. The van der Waals surface area contributed by atoms with E-state index in [2.05, 4.69) is 25.4 Å². The van der Waals surface area contributed by atoms with Crippen LogP contribution in [0.5, 0.6) is 5.75 Å². The second-order valence-corrected chi connectivity index (χ2v) is 2.61. The molecule has 0 bridgehead atoms. The molecule has 0 saturated carbocycles. The van der Waals surface area contributed by atoms with E-state index in [0.717, 1.165) is 0 Å². The highest BCUT2D eigenvalue weighted by atomic mass is 19.3. The SMILES string of the molecule is FC(F)Oc1ccccc1-c1nn[nH]n1. The van der Waals surface area contributed by atoms with E-state index in [1.54, 1.807) is 18.2 Å². The Balaban J connectivity index is 2.38. The lowest BCUT2D eigenvalue weighted by atomic mass is 10.2. The van der Waals surface area contributed by atoms with Crippen molar-refractivity contribution in [2.45, 2.75) is 6.61 Å². The molecule has 0 radical (unpaired) electrons. The third kappa shape index (κ3) is 2.06. The monoisotopic (exact) mass is 212 g/mol. The van der Waals surface area contributed by atoms with Crippen LogP contribution >= 0.6 is 0 Å². The smallest absolute Gasteiger partial charge is 0.387 e. The summed E-state index contributed by atoms with van der Waals surface area (Å²) in [6.07, 6.45) is 0. The van der Waals surface area contributed by atoms with Gasteiger partial charge < -0.3 is 4.74 Å². The highest BCUT2D eigenvalue weighted by molar-refractivity contribution is 5.63. The Morgan fingerprint density at radius 3 is 2.73 bits per heavy atom. The van der Waals surface area contributed by atoms with Crippen molar-refractivity contribution in [2.75, 3.05) is 0 Å². The fourth-order valence-electron chi connectivity index (χ4n) is 1.13. The Bertz CT molecular complexity index is 432. The molecular formula is C8H6F2N4O. The van der Waals surface area contributed by atoms with Gasteiger partial charge in [0.2, 0.25) is 5.82 Å². The van der Waals surface area contributed by atoms with Crippen LogP contribution in [0.4, 0.5) is 8.78 Å². The molecule has 0 amide bonds. The Morgan fingerprint density at radius 1 is 1.27 bits per heavy atom. The number of hydrogen-bond acceptors (Lipinski definition) is 4. The molecule has 15 heavy (non-hydrogen) atoms. The molecule has 1 aromatic heterocycles. The van der Waals surface area contributed by atoms with Crippen LogP contribution in [0.2, 0.25) is 0 Å². The zero-order valence-corrected chi connectivity index (χ0v) is 7.39. The third-order valence-corrected chi connectivity index (χ3v) is 1.69. The van der Waals surface area contributed by atoms with E-state index in [9.17, 15) is 8.78 Å². The van der Waals surface area contributed by atoms with Crippen LogP contribution in [-0.4, -0.2) is 27.2 Å². The largest absolute Gasteiger partial charge is 0.434 e. The predicted molar refractivity (Wildman–Crippen MR) is 46.2 cm³/mol. The minimum Gasteiger partial charge on any atom is -0.434 e. The quantitative estimate of drug-likeness (QED) is 0.836. The minimum atomic E-state index is -2.88. The van der Waals surface area contributed by atoms with Gasteiger partial charge in [0.25, 0.3) is 0 Å². The van der Waals surface area contributed by atoms with Crippen LogP contribution in [-0.2, 0) is 0 Å². The van der Waals surface area contributed by atoms with E-state index in [0.29, 0.717) is 5.56 Å². The number of tetrazole rings is 1. The van der Waals surface area contributed by atoms with Crippen molar-refractivity contribution >= 4 is 0 Å². The second-order valence-electron chi connectivity index (χ2n) is 2.61. The fourth-order valence-corrected chi connectivity index (χ4v) is 1.13. The van der Waals surface area contributed by atoms with Gasteiger partial charge in [-0.2, -0.15) is 14.0 Å². The van der Waals surface area contributed by atoms with E-state index < -0.39 is 6.61 Å². The summed E-state index contributed by atoms with van der Waals surface area (Å²) in [5.74, 6) is 0.236. The summed E-state index contributed by atoms with van der Waals surface area (Å²) < 4.78 is 28.4. The predicted octanol–water partition coefficient (Wildman–Crippen LogP) is 1.47. The summed E-state index contributed by atoms with van der Waals surface area (Å²) in [7, 11) is 0. The molecule has 1 heterocycles. The van der Waals surface area contributed by atoms with Gasteiger partial charge in [0.1, 0.15) is 5.75 Å². The Kier molecular flexibility index (Phi) is 2.53. The standard InChI is InChI=1S/C8H6F2N4O/c9-8(10)15-6-4-2-1-3-5(6)7-11-13-14-12-7/h1-4,8H,(H,11,12,13,14). The molecule has 0 aliphatic rings. The van der Waals surface area contributed by atoms with Gasteiger partial charge in [0, 0.05) is 0 Å². The molecule has 0 aliphatic heterocycles. The van der Waals surface area contributed by atoms with Crippen molar-refractivity contribution in [3.05, 3.63) is 24.3 Å². The average Bonchev–Trinajstić information content (AvgIpc) is 2.70. The molecule has 1 aromatic carbocycles. The van der Waals surface area contributed by atoms with Crippen LogP contribution in [0.25, 0.3) is 11.4 Å². The number of rotatable bonds is 3. The van der Waals surface area contributed by atoms with Crippen molar-refractivity contribution in [1.82, 2.24) is 20.6 Å². The summed E-state index contributed by atoms with van der Waals surface area (Å²) in [5, 5.41) is 12.9. The molecule has 0 aliphatic carbocycles. The van der Waals surface area contributed by atoms with Gasteiger partial charge >= 0.3 is 6.61 Å². The fraction of sp³-hybridized carbons (Fsp3) is 0.125. The van der Waals surface area contributed by atoms with Gasteiger partial charge in [-0.15, -0.1) is 10.2 Å². The molecule has 5 nitrogen and oxygen atoms in total. The second kappa shape index (κ2) is 3.99. The number of hydrogen-bond donors (Lipinski definition) is 1. The number of aromatic nitrogens is 4. The first-order chi connectivity index (χ1) is 7.27. The van der Waals surface area contributed by atoms with Crippen molar-refractivity contribution in [1.29, 1.82) is 0 Å². The number of aromatic amines is 1. The number of halogens is 2. The van der Waals surface area contributed by atoms with Crippen LogP contribution in [0, 0.1) is 0 Å². The van der Waals surface area contributed by atoms with Gasteiger partial charge in [-0.3, -0.25) is 0 Å². The lowest BCUT2D eigenvalue weighted by Gasteiger charge is -2.06. The lowest BCUT2D eigenvalue weighted by Crippen LogP contribution is -2.03. The summed E-state index contributed by atoms with van der Waals surface area (Å²) in [6, 6.07) is 6.24. The zero-order valence-electron chi connectivity index (χ0n) is 7.39. The molecule has 2 rings (SSSR count). The first-order valence-electron chi connectivity index (χ1n) is 4.05. The van der Waals surface area contributed by atoms with E-state index in [4.69, 9.17) is 0 Å². The normalized spacial score (nSPS) is 10.6. The number of ether oxygens (including phenoxy) is 1. The molecule has 2 aromatic rings. The zero-order chi connectivity index (χ0) is 10.7. The molecular weight excluding hydrogens is 206 g/mol. The number of para-hydroxylation sites is 1. The summed E-state index contributed by atoms with van der Waals surface area (Å²) in [4.78, 5) is 0. The highest BCUT2D eigenvalue weighted by Crippen LogP contribution is 2.27. The number of benzene rings is 1. The molecule has 7 heteroatoms. The van der Waals surface area contributed by atoms with Gasteiger partial charge in [-0.05, 0) is 17.3 Å². The molecule has 0 fully saturated rings. The van der Waals surface area contributed by atoms with E-state index in [-0.39, 0.29) is 11.6 Å². The van der Waals surface area contributed by atoms with E-state index in [1.807, 2.05) is 0 Å². The highest BCUT2D eigenvalue weighted by Gasteiger charge is 2.13. The molecule has 0 spiro atoms. The number of H-pyrrole nitrogens is 1. The van der Waals surface area contributed by atoms with Crippen molar-refractivity contribution in [3.8, 4) is 17.1 Å². The molecule has 1 N–H and O–H groups in total. The van der Waals surface area contributed by atoms with Crippen LogP contribution in [0.3, 0.4) is 0 Å². The Hall–Kier alpha value is -2.05. The maximum atomic E-state index is 12.1. The first kappa shape index (κ1) is 9.50. The minimum absolute atomic E-state index is 0.0221. The summed E-state index contributed by atoms with van der Waals surface area (Å²) >= 11 is 0. The van der Waals surface area contributed by atoms with Crippen molar-refractivity contribution in [2.24, 2.45) is 0 Å². The molecule has 0 atom stereocenters. The molecule has 0 saturated heterocycles. The van der Waals surface area contributed by atoms with E-state index >= 15 is 0 Å². The van der Waals surface area contributed by atoms with Gasteiger partial charge in [-0.1, -0.05) is 12.1 Å². The van der Waals surface area contributed by atoms with Crippen LogP contribution in [0.15, 0.2) is 24.3 Å². The van der Waals surface area contributed by atoms with Gasteiger partial charge in [0.15, 0.2) is 0 Å². The van der Waals surface area contributed by atoms with Gasteiger partial charge in [0.05, 0.1) is 5.56 Å². The van der Waals surface area contributed by atoms with E-state index in [1.165, 1.54) is 6.07 Å². The Labute approximate surface area is 83.1 Å². The van der Waals surface area contributed by atoms with Crippen molar-refractivity contribution < 1.29 is 13.5 Å². The lowest BCUT2D eigenvalue weighted by molar-refractivity contribution is -0.0494. The third-order valence-electron chi connectivity index (χ3n) is 1.69. The van der Waals surface area contributed by atoms with Crippen molar-refractivity contribution in [3.63, 3.8) is 0 Å². The first-order valence-corrected chi connectivity index (χ1v) is 4.05.